The molecule has 106 valence electrons. The van der Waals surface area contributed by atoms with E-state index in [9.17, 15) is 0 Å². The lowest BCUT2D eigenvalue weighted by Crippen LogP contribution is -2.30. The molecule has 1 aliphatic heterocycles. The molecule has 1 heterocycles. The Kier molecular flexibility index (Phi) is 6.11. The van der Waals surface area contributed by atoms with E-state index in [1.807, 2.05) is 25.2 Å². The highest BCUT2D eigenvalue weighted by molar-refractivity contribution is 6.31. The Balaban J connectivity index is 1.90. The number of hydrogen-bond acceptors (Lipinski definition) is 3. The molecule has 1 aromatic rings. The molecule has 1 unspecified atom stereocenters. The summed E-state index contributed by atoms with van der Waals surface area (Å²) < 4.78 is 5.48. The van der Waals surface area contributed by atoms with Gasteiger partial charge in [-0.15, -0.1) is 0 Å². The summed E-state index contributed by atoms with van der Waals surface area (Å²) in [4.78, 5) is 2.48. The first-order valence-corrected chi connectivity index (χ1v) is 7.41. The molecule has 0 amide bonds. The summed E-state index contributed by atoms with van der Waals surface area (Å²) >= 11 is 6.27. The van der Waals surface area contributed by atoms with Crippen LogP contribution in [-0.2, 0) is 4.74 Å². The molecule has 1 aromatic carbocycles. The third-order valence-electron chi connectivity index (χ3n) is 3.68. The molecule has 0 aliphatic carbocycles. The zero-order chi connectivity index (χ0) is 13.5. The number of halogens is 1. The second-order valence-electron chi connectivity index (χ2n) is 4.96. The minimum Gasteiger partial charge on any atom is -0.380 e. The van der Waals surface area contributed by atoms with E-state index in [2.05, 4.69) is 16.3 Å². The molecule has 2 rings (SSSR count). The van der Waals surface area contributed by atoms with E-state index < -0.39 is 0 Å². The SMILES string of the molecule is CNC(CCN1CCCOCC1)c1ccccc1Cl. The van der Waals surface area contributed by atoms with Gasteiger partial charge in [-0.2, -0.15) is 0 Å². The zero-order valence-corrected chi connectivity index (χ0v) is 12.3. The van der Waals surface area contributed by atoms with Crippen LogP contribution in [0.25, 0.3) is 0 Å². The van der Waals surface area contributed by atoms with Gasteiger partial charge in [-0.3, -0.25) is 0 Å². The van der Waals surface area contributed by atoms with Crippen LogP contribution in [0.5, 0.6) is 0 Å². The van der Waals surface area contributed by atoms with E-state index in [4.69, 9.17) is 16.3 Å². The Morgan fingerprint density at radius 2 is 2.16 bits per heavy atom. The first-order chi connectivity index (χ1) is 9.31. The Hall–Kier alpha value is -0.610. The average Bonchev–Trinajstić information content (AvgIpc) is 2.70. The van der Waals surface area contributed by atoms with Gasteiger partial charge in [0.2, 0.25) is 0 Å². The van der Waals surface area contributed by atoms with Gasteiger partial charge in [0.15, 0.2) is 0 Å². The smallest absolute Gasteiger partial charge is 0.0593 e. The molecule has 1 saturated heterocycles. The van der Waals surface area contributed by atoms with Crippen LogP contribution in [0, 0.1) is 0 Å². The maximum atomic E-state index is 6.27. The van der Waals surface area contributed by atoms with Crippen LogP contribution >= 0.6 is 11.6 Å². The highest BCUT2D eigenvalue weighted by atomic mass is 35.5. The Morgan fingerprint density at radius 3 is 2.95 bits per heavy atom. The van der Waals surface area contributed by atoms with Crippen LogP contribution in [0.4, 0.5) is 0 Å². The van der Waals surface area contributed by atoms with Gasteiger partial charge in [-0.05, 0) is 31.5 Å². The summed E-state index contributed by atoms with van der Waals surface area (Å²) in [6.45, 7) is 5.02. The predicted molar refractivity (Wildman–Crippen MR) is 79.7 cm³/mol. The minimum atomic E-state index is 0.317. The molecule has 3 nitrogen and oxygen atoms in total. The molecule has 0 spiro atoms. The predicted octanol–water partition coefficient (Wildman–Crippen LogP) is 2.71. The average molecular weight is 283 g/mol. The number of nitrogens with zero attached hydrogens (tertiary/aromatic N) is 1. The monoisotopic (exact) mass is 282 g/mol. The summed E-state index contributed by atoms with van der Waals surface area (Å²) in [5.74, 6) is 0. The standard InChI is InChI=1S/C15H23ClN2O/c1-17-15(13-5-2-3-6-14(13)16)7-9-18-8-4-11-19-12-10-18/h2-3,5-6,15,17H,4,7-12H2,1H3. The van der Waals surface area contributed by atoms with E-state index in [1.54, 1.807) is 0 Å². The summed E-state index contributed by atoms with van der Waals surface area (Å²) in [5.41, 5.74) is 1.19. The molecule has 1 fully saturated rings. The van der Waals surface area contributed by atoms with E-state index in [-0.39, 0.29) is 0 Å². The first-order valence-electron chi connectivity index (χ1n) is 7.03. The Labute approximate surface area is 120 Å². The van der Waals surface area contributed by atoms with Gasteiger partial charge in [0.05, 0.1) is 6.61 Å². The molecule has 4 heteroatoms. The fraction of sp³-hybridized carbons (Fsp3) is 0.600. The van der Waals surface area contributed by atoms with Crippen LogP contribution in [0.3, 0.4) is 0 Å². The number of hydrogen-bond donors (Lipinski definition) is 1. The van der Waals surface area contributed by atoms with Crippen molar-refractivity contribution in [3.63, 3.8) is 0 Å². The number of nitrogens with one attached hydrogen (secondary N) is 1. The van der Waals surface area contributed by atoms with Gasteiger partial charge in [0.1, 0.15) is 0 Å². The fourth-order valence-electron chi connectivity index (χ4n) is 2.55. The molecule has 19 heavy (non-hydrogen) atoms. The first kappa shape index (κ1) is 14.8. The summed E-state index contributed by atoms with van der Waals surface area (Å²) in [6.07, 6.45) is 2.20. The van der Waals surface area contributed by atoms with Gasteiger partial charge in [-0.25, -0.2) is 0 Å². The second-order valence-corrected chi connectivity index (χ2v) is 5.37. The molecule has 1 aliphatic rings. The lowest BCUT2D eigenvalue weighted by Gasteiger charge is -2.23. The third kappa shape index (κ3) is 4.46. The highest BCUT2D eigenvalue weighted by Gasteiger charge is 2.15. The molecule has 0 radical (unpaired) electrons. The molecule has 1 atom stereocenters. The lowest BCUT2D eigenvalue weighted by atomic mass is 10.0. The second kappa shape index (κ2) is 7.85. The van der Waals surface area contributed by atoms with Crippen molar-refractivity contribution in [2.75, 3.05) is 39.9 Å². The summed E-state index contributed by atoms with van der Waals surface area (Å²) in [6, 6.07) is 8.41. The minimum absolute atomic E-state index is 0.317. The van der Waals surface area contributed by atoms with E-state index in [1.165, 1.54) is 5.56 Å². The van der Waals surface area contributed by atoms with Crippen LogP contribution in [0.15, 0.2) is 24.3 Å². The van der Waals surface area contributed by atoms with Gasteiger partial charge in [0, 0.05) is 37.3 Å². The van der Waals surface area contributed by atoms with Gasteiger partial charge in [-0.1, -0.05) is 29.8 Å². The van der Waals surface area contributed by atoms with E-state index in [0.29, 0.717) is 6.04 Å². The van der Waals surface area contributed by atoms with Crippen LogP contribution < -0.4 is 5.32 Å². The van der Waals surface area contributed by atoms with Crippen molar-refractivity contribution in [3.05, 3.63) is 34.9 Å². The molecule has 0 aromatic heterocycles. The van der Waals surface area contributed by atoms with Crippen molar-refractivity contribution in [1.82, 2.24) is 10.2 Å². The van der Waals surface area contributed by atoms with Crippen molar-refractivity contribution in [2.24, 2.45) is 0 Å². The Bertz CT molecular complexity index is 378. The summed E-state index contributed by atoms with van der Waals surface area (Å²) in [7, 11) is 2.00. The lowest BCUT2D eigenvalue weighted by molar-refractivity contribution is 0.140. The largest absolute Gasteiger partial charge is 0.380 e. The molecular formula is C15H23ClN2O. The van der Waals surface area contributed by atoms with Crippen LogP contribution in [0.2, 0.25) is 5.02 Å². The maximum absolute atomic E-state index is 6.27. The summed E-state index contributed by atoms with van der Waals surface area (Å²) in [5, 5.41) is 4.22. The quantitative estimate of drug-likeness (QED) is 0.899. The third-order valence-corrected chi connectivity index (χ3v) is 4.02. The number of ether oxygens (including phenoxy) is 1. The zero-order valence-electron chi connectivity index (χ0n) is 11.6. The van der Waals surface area contributed by atoms with Gasteiger partial charge >= 0.3 is 0 Å². The topological polar surface area (TPSA) is 24.5 Å². The molecule has 0 bridgehead atoms. The van der Waals surface area contributed by atoms with Crippen molar-refractivity contribution in [3.8, 4) is 0 Å². The van der Waals surface area contributed by atoms with Crippen molar-refractivity contribution < 1.29 is 4.74 Å². The van der Waals surface area contributed by atoms with Crippen LogP contribution in [-0.4, -0.2) is 44.8 Å². The van der Waals surface area contributed by atoms with Crippen molar-refractivity contribution >= 4 is 11.6 Å². The fourth-order valence-corrected chi connectivity index (χ4v) is 2.81. The maximum Gasteiger partial charge on any atom is 0.0593 e. The van der Waals surface area contributed by atoms with Crippen LogP contribution in [0.1, 0.15) is 24.4 Å². The number of benzene rings is 1. The molecule has 0 saturated carbocycles. The van der Waals surface area contributed by atoms with Crippen molar-refractivity contribution in [1.29, 1.82) is 0 Å². The number of rotatable bonds is 5. The van der Waals surface area contributed by atoms with Gasteiger partial charge in [0.25, 0.3) is 0 Å². The molecular weight excluding hydrogens is 260 g/mol. The van der Waals surface area contributed by atoms with Crippen molar-refractivity contribution in [2.45, 2.75) is 18.9 Å². The van der Waals surface area contributed by atoms with Gasteiger partial charge < -0.3 is 15.0 Å². The van der Waals surface area contributed by atoms with E-state index in [0.717, 1.165) is 50.7 Å². The molecule has 1 N–H and O–H groups in total. The Morgan fingerprint density at radius 1 is 1.32 bits per heavy atom. The van der Waals surface area contributed by atoms with E-state index >= 15 is 0 Å². The normalized spacial score (nSPS) is 19.1. The highest BCUT2D eigenvalue weighted by Crippen LogP contribution is 2.24.